The van der Waals surface area contributed by atoms with Crippen LogP contribution in [0.3, 0.4) is 0 Å². The molecule has 1 fully saturated rings. The number of nitrogens with one attached hydrogen (secondary N) is 1. The highest BCUT2D eigenvalue weighted by atomic mass is 16.2. The summed E-state index contributed by atoms with van der Waals surface area (Å²) in [7, 11) is 0. The summed E-state index contributed by atoms with van der Waals surface area (Å²) in [6.07, 6.45) is 2.29. The number of amides is 1. The van der Waals surface area contributed by atoms with Crippen LogP contribution in [0.1, 0.15) is 33.6 Å². The fourth-order valence-electron chi connectivity index (χ4n) is 2.48. The first-order valence-corrected chi connectivity index (χ1v) is 6.95. The van der Waals surface area contributed by atoms with Gasteiger partial charge in [-0.3, -0.25) is 9.69 Å². The monoisotopic (exact) mass is 241 g/mol. The molecule has 1 heterocycles. The molecule has 0 aromatic heterocycles. The first kappa shape index (κ1) is 14.5. The Hall–Kier alpha value is -0.610. The molecule has 17 heavy (non-hydrogen) atoms. The van der Waals surface area contributed by atoms with Gasteiger partial charge in [0.1, 0.15) is 0 Å². The summed E-state index contributed by atoms with van der Waals surface area (Å²) in [4.78, 5) is 16.4. The average Bonchev–Trinajstić information content (AvgIpc) is 2.83. The van der Waals surface area contributed by atoms with Gasteiger partial charge < -0.3 is 10.2 Å². The third-order valence-electron chi connectivity index (χ3n) is 3.52. The van der Waals surface area contributed by atoms with Crippen LogP contribution >= 0.6 is 0 Å². The number of rotatable bonds is 7. The van der Waals surface area contributed by atoms with Gasteiger partial charge in [-0.25, -0.2) is 0 Å². The van der Waals surface area contributed by atoms with Gasteiger partial charge in [-0.15, -0.1) is 0 Å². The largest absolute Gasteiger partial charge is 0.342 e. The van der Waals surface area contributed by atoms with Crippen molar-refractivity contribution >= 4 is 5.91 Å². The molecule has 1 atom stereocenters. The van der Waals surface area contributed by atoms with Crippen LogP contribution < -0.4 is 5.32 Å². The molecule has 1 unspecified atom stereocenters. The maximum atomic E-state index is 12.1. The number of carbonyl (C=O) groups excluding carboxylic acids is 1. The number of hydrogen-bond donors (Lipinski definition) is 1. The Balaban J connectivity index is 2.50. The normalized spacial score (nSPS) is 19.9. The van der Waals surface area contributed by atoms with E-state index in [9.17, 15) is 4.79 Å². The van der Waals surface area contributed by atoms with E-state index in [2.05, 4.69) is 17.1 Å². The van der Waals surface area contributed by atoms with E-state index >= 15 is 0 Å². The summed E-state index contributed by atoms with van der Waals surface area (Å²) in [5, 5.41) is 3.38. The zero-order valence-electron chi connectivity index (χ0n) is 11.5. The highest BCUT2D eigenvalue weighted by Gasteiger charge is 2.24. The summed E-state index contributed by atoms with van der Waals surface area (Å²) in [6.45, 7) is 11.6. The van der Waals surface area contributed by atoms with Crippen LogP contribution in [-0.2, 0) is 4.79 Å². The zero-order valence-corrected chi connectivity index (χ0v) is 11.5. The van der Waals surface area contributed by atoms with Crippen molar-refractivity contribution in [1.82, 2.24) is 15.1 Å². The Bertz CT molecular complexity index is 223. The molecule has 0 aromatic rings. The van der Waals surface area contributed by atoms with Crippen molar-refractivity contribution in [1.29, 1.82) is 0 Å². The van der Waals surface area contributed by atoms with Crippen LogP contribution in [0, 0.1) is 0 Å². The van der Waals surface area contributed by atoms with Crippen LogP contribution in [0.5, 0.6) is 0 Å². The van der Waals surface area contributed by atoms with E-state index in [0.717, 1.165) is 39.1 Å². The van der Waals surface area contributed by atoms with Gasteiger partial charge in [0.15, 0.2) is 0 Å². The SMILES string of the molecule is CCCN(CC(=O)N(CC)CC)C1CCNC1. The Labute approximate surface area is 105 Å². The third kappa shape index (κ3) is 4.28. The zero-order chi connectivity index (χ0) is 12.7. The number of hydrogen-bond acceptors (Lipinski definition) is 3. The number of carbonyl (C=O) groups is 1. The van der Waals surface area contributed by atoms with Crippen LogP contribution in [-0.4, -0.2) is 61.0 Å². The first-order chi connectivity index (χ1) is 8.22. The van der Waals surface area contributed by atoms with Crippen LogP contribution in [0.25, 0.3) is 0 Å². The minimum atomic E-state index is 0.273. The van der Waals surface area contributed by atoms with Crippen LogP contribution in [0.15, 0.2) is 0 Å². The lowest BCUT2D eigenvalue weighted by Gasteiger charge is -2.29. The molecule has 0 radical (unpaired) electrons. The molecule has 1 aliphatic rings. The molecule has 1 saturated heterocycles. The average molecular weight is 241 g/mol. The van der Waals surface area contributed by atoms with E-state index in [1.165, 1.54) is 6.42 Å². The van der Waals surface area contributed by atoms with Crippen molar-refractivity contribution in [3.8, 4) is 0 Å². The Morgan fingerprint density at radius 2 is 2.00 bits per heavy atom. The van der Waals surface area contributed by atoms with E-state index in [0.29, 0.717) is 12.6 Å². The van der Waals surface area contributed by atoms with Gasteiger partial charge in [0.2, 0.25) is 5.91 Å². The van der Waals surface area contributed by atoms with Crippen molar-refractivity contribution in [2.45, 2.75) is 39.7 Å². The molecule has 0 spiro atoms. The van der Waals surface area contributed by atoms with E-state index < -0.39 is 0 Å². The third-order valence-corrected chi connectivity index (χ3v) is 3.52. The lowest BCUT2D eigenvalue weighted by atomic mass is 10.2. The van der Waals surface area contributed by atoms with E-state index in [1.54, 1.807) is 0 Å². The Kier molecular flexibility index (Phi) is 6.52. The molecule has 0 aromatic carbocycles. The van der Waals surface area contributed by atoms with Crippen molar-refractivity contribution in [3.63, 3.8) is 0 Å². The summed E-state index contributed by atoms with van der Waals surface area (Å²) >= 11 is 0. The minimum Gasteiger partial charge on any atom is -0.342 e. The second kappa shape index (κ2) is 7.67. The minimum absolute atomic E-state index is 0.273. The van der Waals surface area contributed by atoms with Crippen LogP contribution in [0.2, 0.25) is 0 Å². The predicted octanol–water partition coefficient (Wildman–Crippen LogP) is 0.929. The standard InChI is InChI=1S/C13H27N3O/c1-4-9-16(12-7-8-14-10-12)11-13(17)15(5-2)6-3/h12,14H,4-11H2,1-3H3. The highest BCUT2D eigenvalue weighted by Crippen LogP contribution is 2.09. The molecule has 1 aliphatic heterocycles. The number of nitrogens with zero attached hydrogens (tertiary/aromatic N) is 2. The van der Waals surface area contributed by atoms with E-state index in [4.69, 9.17) is 0 Å². The maximum Gasteiger partial charge on any atom is 0.236 e. The fraction of sp³-hybridized carbons (Fsp3) is 0.923. The Morgan fingerprint density at radius 3 is 2.47 bits per heavy atom. The predicted molar refractivity (Wildman–Crippen MR) is 71.1 cm³/mol. The molecule has 4 heteroatoms. The molecule has 0 bridgehead atoms. The summed E-state index contributed by atoms with van der Waals surface area (Å²) in [5.41, 5.74) is 0. The van der Waals surface area contributed by atoms with Crippen molar-refractivity contribution in [3.05, 3.63) is 0 Å². The van der Waals surface area contributed by atoms with Gasteiger partial charge in [-0.05, 0) is 39.8 Å². The second-order valence-electron chi connectivity index (χ2n) is 4.68. The first-order valence-electron chi connectivity index (χ1n) is 6.95. The van der Waals surface area contributed by atoms with Crippen LogP contribution in [0.4, 0.5) is 0 Å². The lowest BCUT2D eigenvalue weighted by Crippen LogP contribution is -2.45. The molecule has 1 amide bonds. The quantitative estimate of drug-likeness (QED) is 0.720. The summed E-state index contributed by atoms with van der Waals surface area (Å²) in [6, 6.07) is 0.550. The number of likely N-dealkylation sites (N-methyl/N-ethyl adjacent to an activating group) is 1. The van der Waals surface area contributed by atoms with Gasteiger partial charge in [0.25, 0.3) is 0 Å². The van der Waals surface area contributed by atoms with Gasteiger partial charge in [-0.2, -0.15) is 0 Å². The Morgan fingerprint density at radius 1 is 1.29 bits per heavy atom. The lowest BCUT2D eigenvalue weighted by molar-refractivity contribution is -0.132. The van der Waals surface area contributed by atoms with Crippen molar-refractivity contribution in [2.24, 2.45) is 0 Å². The molecular weight excluding hydrogens is 214 g/mol. The van der Waals surface area contributed by atoms with Gasteiger partial charge >= 0.3 is 0 Å². The topological polar surface area (TPSA) is 35.6 Å². The molecule has 100 valence electrons. The molecule has 1 N–H and O–H groups in total. The fourth-order valence-corrected chi connectivity index (χ4v) is 2.48. The smallest absolute Gasteiger partial charge is 0.236 e. The van der Waals surface area contributed by atoms with Gasteiger partial charge in [-0.1, -0.05) is 6.92 Å². The molecule has 0 saturated carbocycles. The summed E-state index contributed by atoms with van der Waals surface area (Å²) < 4.78 is 0. The molecule has 1 rings (SSSR count). The second-order valence-corrected chi connectivity index (χ2v) is 4.68. The summed E-state index contributed by atoms with van der Waals surface area (Å²) in [5.74, 6) is 0.273. The van der Waals surface area contributed by atoms with Gasteiger partial charge in [0, 0.05) is 25.7 Å². The van der Waals surface area contributed by atoms with E-state index in [-0.39, 0.29) is 5.91 Å². The molecule has 0 aliphatic carbocycles. The highest BCUT2D eigenvalue weighted by molar-refractivity contribution is 5.78. The molecule has 4 nitrogen and oxygen atoms in total. The van der Waals surface area contributed by atoms with Crippen molar-refractivity contribution < 1.29 is 4.79 Å². The maximum absolute atomic E-state index is 12.1. The van der Waals surface area contributed by atoms with Gasteiger partial charge in [0.05, 0.1) is 6.54 Å². The van der Waals surface area contributed by atoms with Crippen molar-refractivity contribution in [2.75, 3.05) is 39.3 Å². The van der Waals surface area contributed by atoms with E-state index in [1.807, 2.05) is 18.7 Å². The molecular formula is C13H27N3O.